The van der Waals surface area contributed by atoms with E-state index in [1.165, 1.54) is 0 Å². The number of aliphatic hydroxyl groups is 1. The zero-order valence-electron chi connectivity index (χ0n) is 11.4. The zero-order valence-corrected chi connectivity index (χ0v) is 11.4. The van der Waals surface area contributed by atoms with Crippen LogP contribution in [0.3, 0.4) is 0 Å². The van der Waals surface area contributed by atoms with Gasteiger partial charge in [-0.15, -0.1) is 0 Å². The number of fused-ring (bicyclic) bond motifs is 1. The first-order chi connectivity index (χ1) is 9.56. The summed E-state index contributed by atoms with van der Waals surface area (Å²) in [5.74, 6) is 0. The molecule has 0 aliphatic carbocycles. The highest BCUT2D eigenvalue weighted by Crippen LogP contribution is 2.28. The number of aromatic nitrogens is 2. The summed E-state index contributed by atoms with van der Waals surface area (Å²) in [4.78, 5) is 16.7. The lowest BCUT2D eigenvalue weighted by molar-refractivity contribution is 0.219. The van der Waals surface area contributed by atoms with E-state index in [0.717, 1.165) is 27.8 Å². The van der Waals surface area contributed by atoms with Crippen molar-refractivity contribution in [1.82, 2.24) is 9.97 Å². The Hall–Kier alpha value is -2.33. The van der Waals surface area contributed by atoms with Crippen molar-refractivity contribution in [2.75, 3.05) is 0 Å². The maximum atomic E-state index is 11.3. The third-order valence-corrected chi connectivity index (χ3v) is 3.67. The Bertz CT molecular complexity index is 810. The molecule has 0 aliphatic heterocycles. The van der Waals surface area contributed by atoms with Crippen LogP contribution in [0.25, 0.3) is 11.0 Å². The highest BCUT2D eigenvalue weighted by Gasteiger charge is 2.15. The molecule has 0 saturated heterocycles. The van der Waals surface area contributed by atoms with E-state index in [0.29, 0.717) is 5.52 Å². The van der Waals surface area contributed by atoms with Crippen molar-refractivity contribution < 1.29 is 5.11 Å². The molecule has 0 bridgehead atoms. The fourth-order valence-electron chi connectivity index (χ4n) is 2.65. The summed E-state index contributed by atoms with van der Waals surface area (Å²) in [5.41, 5.74) is 5.01. The number of aromatic amines is 2. The summed E-state index contributed by atoms with van der Waals surface area (Å²) >= 11 is 0. The molecule has 1 heterocycles. The van der Waals surface area contributed by atoms with Crippen LogP contribution in [0, 0.1) is 13.8 Å². The van der Waals surface area contributed by atoms with Crippen molar-refractivity contribution >= 4 is 11.0 Å². The predicted molar refractivity (Wildman–Crippen MR) is 78.9 cm³/mol. The van der Waals surface area contributed by atoms with Crippen LogP contribution in [-0.4, -0.2) is 15.1 Å². The van der Waals surface area contributed by atoms with Gasteiger partial charge in [0.25, 0.3) is 0 Å². The van der Waals surface area contributed by atoms with Crippen molar-refractivity contribution in [2.45, 2.75) is 20.0 Å². The zero-order chi connectivity index (χ0) is 14.3. The van der Waals surface area contributed by atoms with Gasteiger partial charge in [-0.05, 0) is 48.2 Å². The van der Waals surface area contributed by atoms with Gasteiger partial charge in [0.1, 0.15) is 6.10 Å². The summed E-state index contributed by atoms with van der Waals surface area (Å²) in [6, 6.07) is 11.4. The Morgan fingerprint density at radius 2 is 1.65 bits per heavy atom. The van der Waals surface area contributed by atoms with Crippen molar-refractivity contribution in [3.05, 3.63) is 69.1 Å². The minimum atomic E-state index is -0.695. The molecule has 0 spiro atoms. The molecule has 1 aromatic heterocycles. The third-order valence-electron chi connectivity index (χ3n) is 3.67. The van der Waals surface area contributed by atoms with E-state index >= 15 is 0 Å². The lowest BCUT2D eigenvalue weighted by Crippen LogP contribution is -2.04. The average molecular weight is 268 g/mol. The lowest BCUT2D eigenvalue weighted by atomic mass is 9.93. The van der Waals surface area contributed by atoms with E-state index in [1.54, 1.807) is 6.07 Å². The first-order valence-electron chi connectivity index (χ1n) is 6.52. The van der Waals surface area contributed by atoms with Crippen LogP contribution in [0.15, 0.2) is 41.2 Å². The predicted octanol–water partition coefficient (Wildman–Crippen LogP) is 2.55. The number of rotatable bonds is 2. The molecule has 1 unspecified atom stereocenters. The average Bonchev–Trinajstić information content (AvgIpc) is 2.77. The van der Waals surface area contributed by atoms with Crippen LogP contribution in [0.2, 0.25) is 0 Å². The van der Waals surface area contributed by atoms with E-state index in [4.69, 9.17) is 0 Å². The minimum absolute atomic E-state index is 0.237. The number of aliphatic hydroxyl groups excluding tert-OH is 1. The quantitative estimate of drug-likeness (QED) is 0.668. The van der Waals surface area contributed by atoms with Crippen LogP contribution in [0.4, 0.5) is 0 Å². The summed E-state index contributed by atoms with van der Waals surface area (Å²) in [7, 11) is 0. The highest BCUT2D eigenvalue weighted by atomic mass is 16.3. The van der Waals surface area contributed by atoms with Crippen molar-refractivity contribution in [3.63, 3.8) is 0 Å². The molecule has 0 aliphatic rings. The second-order valence-corrected chi connectivity index (χ2v) is 5.09. The van der Waals surface area contributed by atoms with Crippen LogP contribution < -0.4 is 5.69 Å². The molecule has 3 rings (SSSR count). The normalized spacial score (nSPS) is 12.8. The number of H-pyrrole nitrogens is 2. The number of imidazole rings is 1. The van der Waals surface area contributed by atoms with Gasteiger partial charge in [0, 0.05) is 0 Å². The summed E-state index contributed by atoms with van der Waals surface area (Å²) in [5, 5.41) is 10.6. The molecule has 0 amide bonds. The lowest BCUT2D eigenvalue weighted by Gasteiger charge is -2.17. The van der Waals surface area contributed by atoms with E-state index in [-0.39, 0.29) is 5.69 Å². The van der Waals surface area contributed by atoms with Gasteiger partial charge >= 0.3 is 5.69 Å². The monoisotopic (exact) mass is 268 g/mol. The van der Waals surface area contributed by atoms with E-state index in [1.807, 2.05) is 44.2 Å². The second kappa shape index (κ2) is 4.65. The smallest absolute Gasteiger partial charge is 0.323 e. The van der Waals surface area contributed by atoms with Crippen LogP contribution >= 0.6 is 0 Å². The van der Waals surface area contributed by atoms with Gasteiger partial charge in [0.2, 0.25) is 0 Å². The fourth-order valence-corrected chi connectivity index (χ4v) is 2.65. The van der Waals surface area contributed by atoms with Gasteiger partial charge in [0.05, 0.1) is 11.0 Å². The molecular weight excluding hydrogens is 252 g/mol. The Morgan fingerprint density at radius 3 is 2.35 bits per heavy atom. The van der Waals surface area contributed by atoms with Crippen molar-refractivity contribution in [2.24, 2.45) is 0 Å². The van der Waals surface area contributed by atoms with Gasteiger partial charge in [-0.25, -0.2) is 4.79 Å². The molecule has 0 fully saturated rings. The number of benzene rings is 2. The van der Waals surface area contributed by atoms with Crippen molar-refractivity contribution in [1.29, 1.82) is 0 Å². The minimum Gasteiger partial charge on any atom is -0.384 e. The first kappa shape index (κ1) is 12.7. The molecule has 3 aromatic rings. The Kier molecular flexibility index (Phi) is 2.95. The maximum Gasteiger partial charge on any atom is 0.323 e. The topological polar surface area (TPSA) is 68.9 Å². The molecule has 0 saturated carbocycles. The first-order valence-corrected chi connectivity index (χ1v) is 6.52. The number of hydrogen-bond donors (Lipinski definition) is 3. The van der Waals surface area contributed by atoms with E-state index in [2.05, 4.69) is 9.97 Å². The number of hydrogen-bond acceptors (Lipinski definition) is 2. The third kappa shape index (κ3) is 2.04. The Labute approximate surface area is 116 Å². The van der Waals surface area contributed by atoms with Crippen molar-refractivity contribution in [3.8, 4) is 0 Å². The molecule has 102 valence electrons. The molecule has 1 atom stereocenters. The number of aryl methyl sites for hydroxylation is 2. The Morgan fingerprint density at radius 1 is 1.00 bits per heavy atom. The maximum absolute atomic E-state index is 11.3. The summed E-state index contributed by atoms with van der Waals surface area (Å²) < 4.78 is 0. The molecule has 4 nitrogen and oxygen atoms in total. The van der Waals surface area contributed by atoms with Crippen LogP contribution in [0.5, 0.6) is 0 Å². The Balaban J connectivity index is 2.12. The fraction of sp³-hybridized carbons (Fsp3) is 0.188. The van der Waals surface area contributed by atoms with Gasteiger partial charge in [-0.2, -0.15) is 0 Å². The summed E-state index contributed by atoms with van der Waals surface area (Å²) in [6.07, 6.45) is -0.695. The molecule has 20 heavy (non-hydrogen) atoms. The van der Waals surface area contributed by atoms with E-state index < -0.39 is 6.10 Å². The molecular formula is C16H16N2O2. The molecule has 4 heteroatoms. The second-order valence-electron chi connectivity index (χ2n) is 5.09. The standard InChI is InChI=1S/C16H16N2O2/c1-9-4-3-5-10(2)14(9)15(19)11-6-7-12-13(8-11)18-16(20)17-12/h3-8,15,19H,1-2H3,(H2,17,18,20). The SMILES string of the molecule is Cc1cccc(C)c1C(O)c1ccc2[nH]c(=O)[nH]c2c1. The highest BCUT2D eigenvalue weighted by molar-refractivity contribution is 5.75. The van der Waals surface area contributed by atoms with Gasteiger partial charge < -0.3 is 15.1 Å². The van der Waals surface area contributed by atoms with E-state index in [9.17, 15) is 9.90 Å². The largest absolute Gasteiger partial charge is 0.384 e. The van der Waals surface area contributed by atoms with Crippen LogP contribution in [0.1, 0.15) is 28.4 Å². The van der Waals surface area contributed by atoms with Gasteiger partial charge in [0.15, 0.2) is 0 Å². The number of nitrogens with one attached hydrogen (secondary N) is 2. The molecule has 0 radical (unpaired) electrons. The van der Waals surface area contributed by atoms with Crippen LogP contribution in [-0.2, 0) is 0 Å². The molecule has 2 aromatic carbocycles. The van der Waals surface area contributed by atoms with Gasteiger partial charge in [-0.1, -0.05) is 24.3 Å². The molecule has 3 N–H and O–H groups in total. The summed E-state index contributed by atoms with van der Waals surface area (Å²) in [6.45, 7) is 3.98. The van der Waals surface area contributed by atoms with Gasteiger partial charge in [-0.3, -0.25) is 0 Å².